The number of aliphatic hydroxyl groups excluding tert-OH is 1. The Kier molecular flexibility index (Phi) is 5.32. The second-order valence-corrected chi connectivity index (χ2v) is 6.20. The fourth-order valence-corrected chi connectivity index (χ4v) is 3.41. The molecule has 0 bridgehead atoms. The van der Waals surface area contributed by atoms with E-state index in [1.165, 1.54) is 18.2 Å². The summed E-state index contributed by atoms with van der Waals surface area (Å²) < 4.78 is 0. The van der Waals surface area contributed by atoms with Gasteiger partial charge in [-0.2, -0.15) is 31.6 Å². The van der Waals surface area contributed by atoms with Crippen molar-refractivity contribution in [2.45, 2.75) is 0 Å². The fraction of sp³-hybridized carbons (Fsp3) is 0. The summed E-state index contributed by atoms with van der Waals surface area (Å²) in [7, 11) is 0. The topological polar surface area (TPSA) is 163 Å². The molecule has 0 aliphatic carbocycles. The Bertz CT molecular complexity index is 1650. The predicted octanol–water partition coefficient (Wildman–Crippen LogP) is 2.70. The van der Waals surface area contributed by atoms with Crippen LogP contribution in [0.15, 0.2) is 48.0 Å². The fourth-order valence-electron chi connectivity index (χ4n) is 3.41. The molecule has 0 radical (unpaired) electrons. The Morgan fingerprint density at radius 2 is 1.03 bits per heavy atom. The third-order valence-electron chi connectivity index (χ3n) is 4.71. The molecule has 0 spiro atoms. The highest BCUT2D eigenvalue weighted by atomic mass is 16.3. The van der Waals surface area contributed by atoms with E-state index in [0.717, 1.165) is 0 Å². The first-order chi connectivity index (χ1) is 15.1. The van der Waals surface area contributed by atoms with Crippen molar-refractivity contribution in [3.63, 3.8) is 0 Å². The number of aliphatic hydroxyl groups is 1. The lowest BCUT2D eigenvalue weighted by atomic mass is 9.92. The van der Waals surface area contributed by atoms with Crippen LogP contribution in [0.3, 0.4) is 0 Å². The Labute approximate surface area is 176 Å². The van der Waals surface area contributed by atoms with Gasteiger partial charge in [-0.3, -0.25) is 0 Å². The molecule has 7 heteroatoms. The van der Waals surface area contributed by atoms with Gasteiger partial charge in [0.1, 0.15) is 47.6 Å². The molecule has 3 rings (SSSR count). The molecular weight excluding hydrogens is 388 g/mol. The molecule has 0 aliphatic heterocycles. The van der Waals surface area contributed by atoms with E-state index in [0.29, 0.717) is 26.8 Å². The van der Waals surface area contributed by atoms with Crippen LogP contribution in [-0.2, 0) is 0 Å². The molecule has 0 atom stereocenters. The normalized spacial score (nSPS) is 9.23. The van der Waals surface area contributed by atoms with E-state index in [2.05, 4.69) is 0 Å². The zero-order valence-corrected chi connectivity index (χ0v) is 15.7. The Balaban J connectivity index is 2.83. The molecule has 0 aliphatic rings. The van der Waals surface area contributed by atoms with Crippen LogP contribution in [0.5, 0.6) is 0 Å². The second kappa shape index (κ2) is 8.19. The number of nitrogens with zero attached hydrogens (tertiary/aromatic N) is 6. The third-order valence-corrected chi connectivity index (χ3v) is 4.71. The quantitative estimate of drug-likeness (QED) is 0.375. The summed E-state index contributed by atoms with van der Waals surface area (Å²) in [5.41, 5.74) is -0.762. The highest BCUT2D eigenvalue weighted by Gasteiger charge is 2.15. The largest absolute Gasteiger partial charge is 0.505 e. The first kappa shape index (κ1) is 20.1. The van der Waals surface area contributed by atoms with Gasteiger partial charge in [-0.1, -0.05) is 36.4 Å². The van der Waals surface area contributed by atoms with Gasteiger partial charge in [0, 0.05) is 16.0 Å². The van der Waals surface area contributed by atoms with Gasteiger partial charge in [0.2, 0.25) is 0 Å². The number of hydrogen-bond donors (Lipinski definition) is 1. The smallest absolute Gasteiger partial charge is 0.171 e. The van der Waals surface area contributed by atoms with Crippen LogP contribution >= 0.6 is 0 Å². The molecule has 0 amide bonds. The van der Waals surface area contributed by atoms with Crippen LogP contribution in [0.1, 0.15) is 5.56 Å². The predicted molar refractivity (Wildman–Crippen MR) is 111 cm³/mol. The van der Waals surface area contributed by atoms with Gasteiger partial charge in [0.05, 0.1) is 0 Å². The molecule has 0 saturated heterocycles. The number of rotatable bonds is 1. The van der Waals surface area contributed by atoms with Crippen molar-refractivity contribution in [1.82, 2.24) is 0 Å². The van der Waals surface area contributed by atoms with E-state index >= 15 is 0 Å². The Morgan fingerprint density at radius 1 is 0.581 bits per heavy atom. The van der Waals surface area contributed by atoms with Crippen LogP contribution in [0.4, 0.5) is 0 Å². The van der Waals surface area contributed by atoms with Crippen LogP contribution in [0, 0.1) is 68.0 Å². The molecule has 0 fully saturated rings. The van der Waals surface area contributed by atoms with Gasteiger partial charge in [-0.05, 0) is 27.6 Å². The van der Waals surface area contributed by atoms with Crippen LogP contribution in [-0.4, -0.2) is 5.11 Å². The van der Waals surface area contributed by atoms with Crippen molar-refractivity contribution in [1.29, 1.82) is 31.6 Å². The van der Waals surface area contributed by atoms with Gasteiger partial charge in [-0.25, -0.2) is 0 Å². The molecule has 0 saturated carbocycles. The SMILES string of the molecule is N#CC(C#N)=C(O)c1ccc2c(=C(C#N)C#N)c3ccccc3c(=C(C#N)C#N)c2c1. The molecule has 3 aromatic carbocycles. The molecule has 31 heavy (non-hydrogen) atoms. The summed E-state index contributed by atoms with van der Waals surface area (Å²) in [6, 6.07) is 21.8. The lowest BCUT2D eigenvalue weighted by Gasteiger charge is -2.10. The van der Waals surface area contributed by atoms with E-state index in [9.17, 15) is 26.2 Å². The molecule has 1 N–H and O–H groups in total. The Hall–Kier alpha value is -5.60. The maximum atomic E-state index is 10.4. The monoisotopic (exact) mass is 396 g/mol. The lowest BCUT2D eigenvalue weighted by Crippen LogP contribution is -2.18. The van der Waals surface area contributed by atoms with Gasteiger partial charge in [0.25, 0.3) is 0 Å². The standard InChI is InChI=1S/C24H8N6O/c25-8-15(9-26)22-18-3-1-2-4-19(18)23(16(10-27)11-28)21-7-14(5-6-20(21)22)24(31)17(12-29)13-30/h1-7,31H. The summed E-state index contributed by atoms with van der Waals surface area (Å²) in [6.45, 7) is 0. The summed E-state index contributed by atoms with van der Waals surface area (Å²) >= 11 is 0. The highest BCUT2D eigenvalue weighted by molar-refractivity contribution is 6.06. The summed E-state index contributed by atoms with van der Waals surface area (Å²) in [6.07, 6.45) is 0. The Morgan fingerprint density at radius 3 is 1.48 bits per heavy atom. The molecule has 0 heterocycles. The first-order valence-electron chi connectivity index (χ1n) is 8.63. The summed E-state index contributed by atoms with van der Waals surface area (Å²) in [4.78, 5) is 0. The third kappa shape index (κ3) is 3.14. The van der Waals surface area contributed by atoms with E-state index in [1.54, 1.807) is 36.4 Å². The van der Waals surface area contributed by atoms with E-state index in [1.807, 2.05) is 24.3 Å². The first-order valence-corrected chi connectivity index (χ1v) is 8.63. The number of benzene rings is 3. The van der Waals surface area contributed by atoms with Crippen molar-refractivity contribution in [2.75, 3.05) is 0 Å². The molecule has 0 aromatic heterocycles. The zero-order valence-electron chi connectivity index (χ0n) is 15.7. The number of nitriles is 6. The highest BCUT2D eigenvalue weighted by Crippen LogP contribution is 2.22. The minimum absolute atomic E-state index is 0.110. The van der Waals surface area contributed by atoms with Gasteiger partial charge in [-0.15, -0.1) is 0 Å². The molecule has 7 nitrogen and oxygen atoms in total. The van der Waals surface area contributed by atoms with Gasteiger partial charge in [0.15, 0.2) is 11.3 Å². The van der Waals surface area contributed by atoms with Gasteiger partial charge >= 0.3 is 0 Å². The van der Waals surface area contributed by atoms with Crippen LogP contribution in [0.25, 0.3) is 38.5 Å². The van der Waals surface area contributed by atoms with Crippen molar-refractivity contribution in [3.8, 4) is 36.4 Å². The average molecular weight is 396 g/mol. The van der Waals surface area contributed by atoms with E-state index < -0.39 is 11.3 Å². The number of allylic oxidation sites excluding steroid dienone is 1. The molecular formula is C24H8N6O. The van der Waals surface area contributed by atoms with Crippen molar-refractivity contribution in [2.24, 2.45) is 0 Å². The maximum Gasteiger partial charge on any atom is 0.171 e. The van der Waals surface area contributed by atoms with Crippen LogP contribution in [0.2, 0.25) is 0 Å². The van der Waals surface area contributed by atoms with Crippen molar-refractivity contribution >= 4 is 38.5 Å². The zero-order chi connectivity index (χ0) is 22.5. The van der Waals surface area contributed by atoms with E-state index in [4.69, 9.17) is 10.5 Å². The minimum Gasteiger partial charge on any atom is -0.505 e. The summed E-state index contributed by atoms with van der Waals surface area (Å²) in [5, 5.41) is 68.9. The molecule has 140 valence electrons. The number of hydrogen-bond acceptors (Lipinski definition) is 7. The van der Waals surface area contributed by atoms with Crippen molar-refractivity contribution in [3.05, 3.63) is 64.0 Å². The maximum absolute atomic E-state index is 10.4. The second-order valence-electron chi connectivity index (χ2n) is 6.20. The molecule has 3 aromatic rings. The van der Waals surface area contributed by atoms with Gasteiger partial charge < -0.3 is 5.11 Å². The van der Waals surface area contributed by atoms with Crippen LogP contribution < -0.4 is 10.4 Å². The average Bonchev–Trinajstić information content (AvgIpc) is 2.81. The van der Waals surface area contributed by atoms with Crippen molar-refractivity contribution < 1.29 is 5.11 Å². The molecule has 0 unspecified atom stereocenters. The minimum atomic E-state index is -0.562. The summed E-state index contributed by atoms with van der Waals surface area (Å²) in [5.74, 6) is -0.562. The van der Waals surface area contributed by atoms with E-state index in [-0.39, 0.29) is 21.9 Å². The number of fused-ring (bicyclic) bond motifs is 2. The lowest BCUT2D eigenvalue weighted by molar-refractivity contribution is 0.510.